The van der Waals surface area contributed by atoms with E-state index in [0.717, 1.165) is 52.9 Å². The molecule has 7 heteroatoms. The third-order valence-corrected chi connectivity index (χ3v) is 8.24. The highest BCUT2D eigenvalue weighted by molar-refractivity contribution is 5.97. The Labute approximate surface area is 210 Å². The van der Waals surface area contributed by atoms with Gasteiger partial charge in [0.05, 0.1) is 22.9 Å². The third kappa shape index (κ3) is 3.49. The highest BCUT2D eigenvalue weighted by Crippen LogP contribution is 2.54. The molecule has 1 amide bonds. The van der Waals surface area contributed by atoms with Crippen LogP contribution in [0.5, 0.6) is 0 Å². The SMILES string of the molecule is CC1CC1(NC(=O)c1cccc(N2CC3CC(C2)N3)c1)c1cc(-c2cnn(C)c2)nc2ccccc12. The number of carbonyl (C=O) groups is 1. The molecule has 3 aliphatic heterocycles. The van der Waals surface area contributed by atoms with Gasteiger partial charge in [-0.2, -0.15) is 5.10 Å². The quantitative estimate of drug-likeness (QED) is 0.456. The lowest BCUT2D eigenvalue weighted by Gasteiger charge is -2.49. The molecular weight excluding hydrogens is 448 g/mol. The lowest BCUT2D eigenvalue weighted by atomic mass is 9.91. The fraction of sp³-hybridized carbons (Fsp3) is 0.345. The van der Waals surface area contributed by atoms with Crippen molar-refractivity contribution in [3.8, 4) is 11.3 Å². The second kappa shape index (κ2) is 7.90. The first kappa shape index (κ1) is 21.6. The number of aryl methyl sites for hydroxylation is 1. The molecule has 4 unspecified atom stereocenters. The molecule has 0 spiro atoms. The molecule has 4 aromatic rings. The van der Waals surface area contributed by atoms with Crippen LogP contribution in [0.3, 0.4) is 0 Å². The predicted molar refractivity (Wildman–Crippen MR) is 141 cm³/mol. The second-order valence-corrected chi connectivity index (χ2v) is 10.8. The average Bonchev–Trinajstić information content (AvgIpc) is 3.32. The van der Waals surface area contributed by atoms with Crippen LogP contribution >= 0.6 is 0 Å². The van der Waals surface area contributed by atoms with Gasteiger partial charge < -0.3 is 15.5 Å². The van der Waals surface area contributed by atoms with E-state index in [9.17, 15) is 4.79 Å². The zero-order valence-corrected chi connectivity index (χ0v) is 20.6. The molecule has 2 bridgehead atoms. The minimum absolute atomic E-state index is 0.0229. The van der Waals surface area contributed by atoms with E-state index >= 15 is 0 Å². The molecule has 8 rings (SSSR count). The van der Waals surface area contributed by atoms with Gasteiger partial charge in [-0.05, 0) is 54.7 Å². The van der Waals surface area contributed by atoms with Crippen molar-refractivity contribution < 1.29 is 4.79 Å². The highest BCUT2D eigenvalue weighted by atomic mass is 16.1. The van der Waals surface area contributed by atoms with Crippen LogP contribution in [-0.2, 0) is 12.6 Å². The summed E-state index contributed by atoms with van der Waals surface area (Å²) >= 11 is 0. The molecular formula is C29H30N6O. The minimum atomic E-state index is -0.413. The predicted octanol–water partition coefficient (Wildman–Crippen LogP) is 3.85. The van der Waals surface area contributed by atoms with Crippen LogP contribution in [0.4, 0.5) is 5.69 Å². The Morgan fingerprint density at radius 3 is 2.61 bits per heavy atom. The summed E-state index contributed by atoms with van der Waals surface area (Å²) < 4.78 is 1.79. The van der Waals surface area contributed by atoms with Gasteiger partial charge in [-0.1, -0.05) is 31.2 Å². The molecule has 2 aromatic heterocycles. The van der Waals surface area contributed by atoms with E-state index in [1.807, 2.05) is 55.8 Å². The zero-order valence-electron chi connectivity index (χ0n) is 20.6. The molecule has 2 N–H and O–H groups in total. The molecule has 4 aliphatic rings. The summed E-state index contributed by atoms with van der Waals surface area (Å²) in [7, 11) is 1.91. The van der Waals surface area contributed by atoms with Gasteiger partial charge in [0, 0.05) is 60.6 Å². The van der Waals surface area contributed by atoms with Gasteiger partial charge in [0.15, 0.2) is 0 Å². The number of hydrogen-bond donors (Lipinski definition) is 2. The first-order chi connectivity index (χ1) is 17.5. The van der Waals surface area contributed by atoms with Crippen LogP contribution in [0.1, 0.15) is 35.7 Å². The van der Waals surface area contributed by atoms with Crippen LogP contribution in [0.15, 0.2) is 67.0 Å². The standard InChI is InChI=1S/C29H30N6O/c1-18-13-29(18,25-12-27(20-14-30-34(2)15-20)32-26-9-4-3-8-24(25)26)33-28(36)19-6-5-7-23(10-19)35-16-21-11-22(17-35)31-21/h3-10,12,14-15,18,21-22,31H,11,13,16-17H2,1-2H3,(H,33,36). The molecule has 3 saturated heterocycles. The molecule has 2 aromatic carbocycles. The van der Waals surface area contributed by atoms with Gasteiger partial charge in [-0.3, -0.25) is 9.48 Å². The molecule has 4 atom stereocenters. The number of carbonyl (C=O) groups excluding carboxylic acids is 1. The van der Waals surface area contributed by atoms with Gasteiger partial charge in [0.2, 0.25) is 0 Å². The van der Waals surface area contributed by atoms with Crippen LogP contribution in [0.2, 0.25) is 0 Å². The highest BCUT2D eigenvalue weighted by Gasteiger charge is 2.54. The number of anilines is 1. The van der Waals surface area contributed by atoms with Gasteiger partial charge in [0.1, 0.15) is 0 Å². The normalized spacial score (nSPS) is 26.5. The summed E-state index contributed by atoms with van der Waals surface area (Å²) in [5.74, 6) is 0.308. The van der Waals surface area contributed by atoms with Gasteiger partial charge in [-0.15, -0.1) is 0 Å². The van der Waals surface area contributed by atoms with E-state index in [1.54, 1.807) is 4.68 Å². The Morgan fingerprint density at radius 2 is 1.89 bits per heavy atom. The van der Waals surface area contributed by atoms with Crippen molar-refractivity contribution in [1.82, 2.24) is 25.4 Å². The third-order valence-electron chi connectivity index (χ3n) is 8.24. The zero-order chi connectivity index (χ0) is 24.4. The molecule has 4 fully saturated rings. The van der Waals surface area contributed by atoms with E-state index in [-0.39, 0.29) is 5.91 Å². The van der Waals surface area contributed by atoms with E-state index in [0.29, 0.717) is 23.6 Å². The second-order valence-electron chi connectivity index (χ2n) is 10.8. The average molecular weight is 479 g/mol. The van der Waals surface area contributed by atoms with Crippen molar-refractivity contribution in [3.05, 3.63) is 78.1 Å². The summed E-state index contributed by atoms with van der Waals surface area (Å²) in [6, 6.07) is 19.6. The maximum absolute atomic E-state index is 13.7. The van der Waals surface area contributed by atoms with Crippen molar-refractivity contribution in [1.29, 1.82) is 0 Å². The summed E-state index contributed by atoms with van der Waals surface area (Å²) in [5, 5.41) is 12.5. The van der Waals surface area contributed by atoms with Crippen molar-refractivity contribution in [2.75, 3.05) is 18.0 Å². The number of rotatable bonds is 5. The first-order valence-electron chi connectivity index (χ1n) is 12.8. The summed E-state index contributed by atoms with van der Waals surface area (Å²) in [6.07, 6.45) is 5.99. The van der Waals surface area contributed by atoms with Crippen LogP contribution < -0.4 is 15.5 Å². The molecule has 7 nitrogen and oxygen atoms in total. The summed E-state index contributed by atoms with van der Waals surface area (Å²) in [6.45, 7) is 4.22. The molecule has 36 heavy (non-hydrogen) atoms. The number of piperazine rings is 1. The van der Waals surface area contributed by atoms with Gasteiger partial charge in [0.25, 0.3) is 5.91 Å². The van der Waals surface area contributed by atoms with Crippen molar-refractivity contribution >= 4 is 22.5 Å². The smallest absolute Gasteiger partial charge is 0.252 e. The van der Waals surface area contributed by atoms with E-state index in [1.165, 1.54) is 6.42 Å². The Bertz CT molecular complexity index is 1480. The van der Waals surface area contributed by atoms with E-state index < -0.39 is 5.54 Å². The maximum atomic E-state index is 13.7. The van der Waals surface area contributed by atoms with Crippen molar-refractivity contribution in [3.63, 3.8) is 0 Å². The monoisotopic (exact) mass is 478 g/mol. The van der Waals surface area contributed by atoms with E-state index in [2.05, 4.69) is 45.8 Å². The van der Waals surface area contributed by atoms with Gasteiger partial charge in [-0.25, -0.2) is 4.98 Å². The van der Waals surface area contributed by atoms with Gasteiger partial charge >= 0.3 is 0 Å². The molecule has 1 saturated carbocycles. The number of nitrogens with one attached hydrogen (secondary N) is 2. The van der Waals surface area contributed by atoms with Crippen LogP contribution in [0.25, 0.3) is 22.2 Å². The number of hydrogen-bond acceptors (Lipinski definition) is 5. The minimum Gasteiger partial charge on any atom is -0.368 e. The molecule has 182 valence electrons. The number of piperidine rings is 1. The molecule has 1 aliphatic carbocycles. The number of pyridine rings is 1. The molecule has 0 radical (unpaired) electrons. The van der Waals surface area contributed by atoms with Crippen molar-refractivity contribution in [2.24, 2.45) is 13.0 Å². The Hall–Kier alpha value is -3.71. The summed E-state index contributed by atoms with van der Waals surface area (Å²) in [5.41, 5.74) is 5.34. The fourth-order valence-corrected chi connectivity index (χ4v) is 6.13. The number of amides is 1. The summed E-state index contributed by atoms with van der Waals surface area (Å²) in [4.78, 5) is 21.0. The van der Waals surface area contributed by atoms with Crippen molar-refractivity contribution in [2.45, 2.75) is 37.4 Å². The number of aromatic nitrogens is 3. The molecule has 5 heterocycles. The maximum Gasteiger partial charge on any atom is 0.252 e. The first-order valence-corrected chi connectivity index (χ1v) is 12.8. The number of para-hydroxylation sites is 1. The largest absolute Gasteiger partial charge is 0.368 e. The van der Waals surface area contributed by atoms with Crippen LogP contribution in [-0.4, -0.2) is 45.8 Å². The lowest BCUT2D eigenvalue weighted by molar-refractivity contribution is 0.0927. The Balaban J connectivity index is 1.23. The lowest BCUT2D eigenvalue weighted by Crippen LogP contribution is -2.67. The number of fused-ring (bicyclic) bond motifs is 3. The topological polar surface area (TPSA) is 75.1 Å². The number of benzene rings is 2. The fourth-order valence-electron chi connectivity index (χ4n) is 6.13. The number of nitrogens with zero attached hydrogens (tertiary/aromatic N) is 4. The van der Waals surface area contributed by atoms with Crippen LogP contribution in [0, 0.1) is 5.92 Å². The Kier molecular flexibility index (Phi) is 4.73. The Morgan fingerprint density at radius 1 is 1.11 bits per heavy atom. The van der Waals surface area contributed by atoms with E-state index in [4.69, 9.17) is 4.98 Å².